The number of hydrogen-bond acceptors (Lipinski definition) is 5. The number of likely N-dealkylation sites (N-methyl/N-ethyl adjacent to an activating group) is 1. The maximum absolute atomic E-state index is 13.0. The molecule has 0 aliphatic carbocycles. The van der Waals surface area contributed by atoms with Crippen LogP contribution in [0.3, 0.4) is 0 Å². The second kappa shape index (κ2) is 6.96. The van der Waals surface area contributed by atoms with Crippen molar-refractivity contribution >= 4 is 5.91 Å². The average Bonchev–Trinajstić information content (AvgIpc) is 3.01. The first-order chi connectivity index (χ1) is 11.5. The third-order valence-electron chi connectivity index (χ3n) is 3.73. The first-order valence-electron chi connectivity index (χ1n) is 8.48. The topological polar surface area (TPSA) is 79.5 Å². The van der Waals surface area contributed by atoms with Crippen LogP contribution >= 0.6 is 0 Å². The molecule has 0 spiro atoms. The first kappa shape index (κ1) is 19.1. The predicted molar refractivity (Wildman–Crippen MR) is 96.3 cm³/mol. The fourth-order valence-electron chi connectivity index (χ4n) is 2.46. The molecule has 1 N–H and O–H groups in total. The van der Waals surface area contributed by atoms with E-state index in [1.165, 1.54) is 0 Å². The van der Waals surface area contributed by atoms with E-state index in [2.05, 4.69) is 10.1 Å². The van der Waals surface area contributed by atoms with Crippen molar-refractivity contribution in [3.05, 3.63) is 35.7 Å². The number of carbonyl (C=O) groups is 1. The van der Waals surface area contributed by atoms with E-state index < -0.39 is 5.60 Å². The number of aromatic nitrogens is 2. The number of hydrogen-bond donors (Lipinski definition) is 1. The molecule has 0 aliphatic heterocycles. The summed E-state index contributed by atoms with van der Waals surface area (Å²) in [5, 5.41) is 14.1. The fourth-order valence-corrected chi connectivity index (χ4v) is 2.46. The van der Waals surface area contributed by atoms with E-state index >= 15 is 0 Å². The molecule has 2 aromatic rings. The minimum atomic E-state index is -0.968. The average molecular weight is 345 g/mol. The van der Waals surface area contributed by atoms with E-state index in [1.54, 1.807) is 36.9 Å². The van der Waals surface area contributed by atoms with E-state index in [9.17, 15) is 9.90 Å². The van der Waals surface area contributed by atoms with Crippen LogP contribution in [0.2, 0.25) is 0 Å². The Hall–Kier alpha value is -2.21. The molecule has 25 heavy (non-hydrogen) atoms. The van der Waals surface area contributed by atoms with E-state index in [4.69, 9.17) is 4.52 Å². The molecule has 1 aromatic heterocycles. The van der Waals surface area contributed by atoms with Gasteiger partial charge in [-0.05, 0) is 32.9 Å². The highest BCUT2D eigenvalue weighted by molar-refractivity contribution is 6.00. The molecule has 6 heteroatoms. The normalized spacial score (nSPS) is 12.3. The van der Waals surface area contributed by atoms with Gasteiger partial charge in [0.2, 0.25) is 0 Å². The minimum Gasteiger partial charge on any atom is -0.389 e. The van der Waals surface area contributed by atoms with Crippen LogP contribution in [0.5, 0.6) is 0 Å². The summed E-state index contributed by atoms with van der Waals surface area (Å²) in [6.45, 7) is 12.0. The lowest BCUT2D eigenvalue weighted by atomic mass is 9.96. The monoisotopic (exact) mass is 345 g/mol. The van der Waals surface area contributed by atoms with Crippen LogP contribution in [0.25, 0.3) is 11.5 Å². The van der Waals surface area contributed by atoms with Crippen LogP contribution in [0.1, 0.15) is 57.7 Å². The second-order valence-electron chi connectivity index (χ2n) is 7.85. The van der Waals surface area contributed by atoms with Gasteiger partial charge in [-0.2, -0.15) is 4.98 Å². The van der Waals surface area contributed by atoms with Gasteiger partial charge in [-0.25, -0.2) is 0 Å². The molecule has 0 saturated heterocycles. The molecule has 0 atom stereocenters. The number of amides is 1. The third-order valence-corrected chi connectivity index (χ3v) is 3.73. The molecule has 0 unspecified atom stereocenters. The number of benzene rings is 1. The van der Waals surface area contributed by atoms with Gasteiger partial charge < -0.3 is 14.5 Å². The van der Waals surface area contributed by atoms with E-state index in [1.807, 2.05) is 33.8 Å². The summed E-state index contributed by atoms with van der Waals surface area (Å²) in [5.74, 6) is 0.748. The molecule has 0 saturated carbocycles. The molecule has 0 bridgehead atoms. The zero-order valence-electron chi connectivity index (χ0n) is 15.8. The van der Waals surface area contributed by atoms with Crippen molar-refractivity contribution in [1.29, 1.82) is 0 Å². The van der Waals surface area contributed by atoms with Gasteiger partial charge in [0.25, 0.3) is 11.8 Å². The Morgan fingerprint density at radius 2 is 1.84 bits per heavy atom. The Balaban J connectivity index is 2.41. The van der Waals surface area contributed by atoms with Crippen LogP contribution < -0.4 is 0 Å². The lowest BCUT2D eigenvalue weighted by molar-refractivity contribution is 0.0315. The largest absolute Gasteiger partial charge is 0.389 e. The Bertz CT molecular complexity index is 739. The molecule has 1 amide bonds. The molecule has 0 radical (unpaired) electrons. The molecule has 1 heterocycles. The van der Waals surface area contributed by atoms with Gasteiger partial charge in [-0.15, -0.1) is 0 Å². The quantitative estimate of drug-likeness (QED) is 0.900. The zero-order valence-corrected chi connectivity index (χ0v) is 15.8. The summed E-state index contributed by atoms with van der Waals surface area (Å²) in [7, 11) is 0. The summed E-state index contributed by atoms with van der Waals surface area (Å²) in [5.41, 5.74) is -0.121. The van der Waals surface area contributed by atoms with Crippen molar-refractivity contribution in [3.63, 3.8) is 0 Å². The highest BCUT2D eigenvalue weighted by Crippen LogP contribution is 2.27. The summed E-state index contributed by atoms with van der Waals surface area (Å²) < 4.78 is 5.40. The predicted octanol–water partition coefficient (Wildman–Crippen LogP) is 3.27. The lowest BCUT2D eigenvalue weighted by Gasteiger charge is -2.28. The van der Waals surface area contributed by atoms with Gasteiger partial charge in [0.1, 0.15) is 0 Å². The number of aliphatic hydroxyl groups is 1. The fraction of sp³-hybridized carbons (Fsp3) is 0.526. The highest BCUT2D eigenvalue weighted by atomic mass is 16.5. The van der Waals surface area contributed by atoms with E-state index in [0.29, 0.717) is 29.4 Å². The Kier molecular flexibility index (Phi) is 5.32. The molecule has 0 fully saturated rings. The molecular formula is C19H27N3O3. The Morgan fingerprint density at radius 3 is 2.36 bits per heavy atom. The van der Waals surface area contributed by atoms with Gasteiger partial charge in [0.15, 0.2) is 5.82 Å². The minimum absolute atomic E-state index is 0.171. The third kappa shape index (κ3) is 4.66. The molecule has 2 rings (SSSR count). The standard InChI is InChI=1S/C19H27N3O3/c1-7-22(12-19(5,6)24)16(23)14-11-9-8-10-13(14)15-20-17(21-25-15)18(2,3)4/h8-11,24H,7,12H2,1-6H3. The smallest absolute Gasteiger partial charge is 0.258 e. The SMILES string of the molecule is CCN(CC(C)(C)O)C(=O)c1ccccc1-c1nc(C(C)(C)C)no1. The molecule has 136 valence electrons. The molecule has 1 aromatic carbocycles. The highest BCUT2D eigenvalue weighted by Gasteiger charge is 2.27. The summed E-state index contributed by atoms with van der Waals surface area (Å²) >= 11 is 0. The molecule has 6 nitrogen and oxygen atoms in total. The summed E-state index contributed by atoms with van der Waals surface area (Å²) in [6.07, 6.45) is 0. The maximum Gasteiger partial charge on any atom is 0.258 e. The van der Waals surface area contributed by atoms with E-state index in [0.717, 1.165) is 0 Å². The van der Waals surface area contributed by atoms with Gasteiger partial charge in [0, 0.05) is 18.5 Å². The van der Waals surface area contributed by atoms with Crippen LogP contribution in [-0.4, -0.2) is 44.7 Å². The van der Waals surface area contributed by atoms with Gasteiger partial charge in [0.05, 0.1) is 16.7 Å². The van der Waals surface area contributed by atoms with Crippen LogP contribution in [0.4, 0.5) is 0 Å². The van der Waals surface area contributed by atoms with E-state index in [-0.39, 0.29) is 17.9 Å². The van der Waals surface area contributed by atoms with Crippen molar-refractivity contribution in [3.8, 4) is 11.5 Å². The van der Waals surface area contributed by atoms with Crippen molar-refractivity contribution in [2.75, 3.05) is 13.1 Å². The summed E-state index contributed by atoms with van der Waals surface area (Å²) in [6, 6.07) is 7.17. The van der Waals surface area contributed by atoms with Crippen molar-refractivity contribution in [2.24, 2.45) is 0 Å². The maximum atomic E-state index is 13.0. The Labute approximate surface area is 148 Å². The van der Waals surface area contributed by atoms with Gasteiger partial charge in [-0.3, -0.25) is 4.79 Å². The van der Waals surface area contributed by atoms with Crippen molar-refractivity contribution in [1.82, 2.24) is 15.0 Å². The van der Waals surface area contributed by atoms with Gasteiger partial charge >= 0.3 is 0 Å². The summed E-state index contributed by atoms with van der Waals surface area (Å²) in [4.78, 5) is 19.0. The number of carbonyl (C=O) groups excluding carboxylic acids is 1. The van der Waals surface area contributed by atoms with Crippen molar-refractivity contribution < 1.29 is 14.4 Å². The van der Waals surface area contributed by atoms with Crippen molar-refractivity contribution in [2.45, 2.75) is 52.6 Å². The van der Waals surface area contributed by atoms with Gasteiger partial charge in [-0.1, -0.05) is 38.1 Å². The number of rotatable bonds is 5. The second-order valence-corrected chi connectivity index (χ2v) is 7.85. The van der Waals surface area contributed by atoms with Crippen LogP contribution in [0, 0.1) is 0 Å². The van der Waals surface area contributed by atoms with Crippen LogP contribution in [-0.2, 0) is 5.41 Å². The van der Waals surface area contributed by atoms with Crippen LogP contribution in [0.15, 0.2) is 28.8 Å². The lowest BCUT2D eigenvalue weighted by Crippen LogP contribution is -2.42. The number of nitrogens with zero attached hydrogens (tertiary/aromatic N) is 3. The Morgan fingerprint density at radius 1 is 1.20 bits per heavy atom. The molecular weight excluding hydrogens is 318 g/mol. The molecule has 0 aliphatic rings. The first-order valence-corrected chi connectivity index (χ1v) is 8.48. The zero-order chi connectivity index (χ0) is 18.8.